The van der Waals surface area contributed by atoms with E-state index in [0.717, 1.165) is 0 Å². The molecule has 0 saturated heterocycles. The lowest BCUT2D eigenvalue weighted by atomic mass is 10.1. The maximum absolute atomic E-state index is 10.8. The number of carbonyl (C=O) groups is 1. The van der Waals surface area contributed by atoms with Crippen molar-refractivity contribution in [2.24, 2.45) is 10.1 Å². The predicted molar refractivity (Wildman–Crippen MR) is 61.0 cm³/mol. The second kappa shape index (κ2) is 4.25. The fourth-order valence-corrected chi connectivity index (χ4v) is 1.66. The van der Waals surface area contributed by atoms with Gasteiger partial charge in [0.05, 0.1) is 19.9 Å². The fourth-order valence-electron chi connectivity index (χ4n) is 1.66. The number of benzene rings is 1. The second-order valence-corrected chi connectivity index (χ2v) is 3.29. The third-order valence-electron chi connectivity index (χ3n) is 2.45. The van der Waals surface area contributed by atoms with Crippen molar-refractivity contribution in [3.63, 3.8) is 0 Å². The molecule has 1 aliphatic rings. The van der Waals surface area contributed by atoms with Crippen LogP contribution in [0.1, 0.15) is 5.56 Å². The molecule has 0 radical (unpaired) electrons. The first-order chi connectivity index (χ1) is 8.24. The molecule has 1 aromatic rings. The minimum atomic E-state index is 0.0813. The van der Waals surface area contributed by atoms with Gasteiger partial charge in [-0.15, -0.1) is 0 Å². The maximum Gasteiger partial charge on any atom is 0.170 e. The van der Waals surface area contributed by atoms with Crippen LogP contribution in [0.4, 0.5) is 5.69 Å². The van der Waals surface area contributed by atoms with Crippen molar-refractivity contribution in [3.8, 4) is 11.5 Å². The average Bonchev–Trinajstić information content (AvgIpc) is 2.73. The first-order valence-corrected chi connectivity index (χ1v) is 4.77. The van der Waals surface area contributed by atoms with Crippen LogP contribution >= 0.6 is 0 Å². The second-order valence-electron chi connectivity index (χ2n) is 3.29. The van der Waals surface area contributed by atoms with Crippen LogP contribution in [0.3, 0.4) is 0 Å². The van der Waals surface area contributed by atoms with Crippen molar-refractivity contribution in [3.05, 3.63) is 17.7 Å². The quantitative estimate of drug-likeness (QED) is 0.483. The molecule has 0 aliphatic carbocycles. The molecule has 88 valence electrons. The van der Waals surface area contributed by atoms with Crippen LogP contribution in [0.15, 0.2) is 22.3 Å². The Labute approximate surface area is 97.2 Å². The molecule has 2 rings (SSSR count). The van der Waals surface area contributed by atoms with Crippen LogP contribution in [0, 0.1) is 0 Å². The Bertz CT molecular complexity index is 535. The molecule has 0 unspecified atom stereocenters. The molecule has 0 amide bonds. The number of oxime groups is 1. The van der Waals surface area contributed by atoms with E-state index in [0.29, 0.717) is 29.0 Å². The Morgan fingerprint density at radius 1 is 1.29 bits per heavy atom. The van der Waals surface area contributed by atoms with Gasteiger partial charge in [0, 0.05) is 11.6 Å². The van der Waals surface area contributed by atoms with E-state index in [1.807, 2.05) is 0 Å². The highest BCUT2D eigenvalue weighted by atomic mass is 16.5. The van der Waals surface area contributed by atoms with Crippen LogP contribution in [-0.4, -0.2) is 37.1 Å². The van der Waals surface area contributed by atoms with E-state index in [9.17, 15) is 4.79 Å². The molecule has 6 heteroatoms. The Morgan fingerprint density at radius 3 is 2.47 bits per heavy atom. The topological polar surface area (TPSA) is 80.5 Å². The Balaban J connectivity index is 2.62. The zero-order chi connectivity index (χ0) is 12.4. The average molecular weight is 234 g/mol. The van der Waals surface area contributed by atoms with Gasteiger partial charge in [0.25, 0.3) is 0 Å². The molecular formula is C11H10N2O4. The number of nitrogens with zero attached hydrogens (tertiary/aromatic N) is 2. The van der Waals surface area contributed by atoms with E-state index >= 15 is 0 Å². The van der Waals surface area contributed by atoms with E-state index in [4.69, 9.17) is 14.7 Å². The summed E-state index contributed by atoms with van der Waals surface area (Å²) in [5.74, 6) is 0.981. The summed E-state index contributed by atoms with van der Waals surface area (Å²) >= 11 is 0. The smallest absolute Gasteiger partial charge is 0.170 e. The number of aldehydes is 1. The highest BCUT2D eigenvalue weighted by Crippen LogP contribution is 2.37. The van der Waals surface area contributed by atoms with Crippen LogP contribution in [0.2, 0.25) is 0 Å². The van der Waals surface area contributed by atoms with Gasteiger partial charge in [-0.2, -0.15) is 0 Å². The van der Waals surface area contributed by atoms with E-state index in [2.05, 4.69) is 10.1 Å². The van der Waals surface area contributed by atoms with Gasteiger partial charge in [0.15, 0.2) is 17.8 Å². The van der Waals surface area contributed by atoms with Gasteiger partial charge in [0.1, 0.15) is 11.4 Å². The van der Waals surface area contributed by atoms with Gasteiger partial charge in [-0.05, 0) is 6.07 Å². The minimum absolute atomic E-state index is 0.0813. The minimum Gasteiger partial charge on any atom is -0.493 e. The molecule has 6 nitrogen and oxygen atoms in total. The summed E-state index contributed by atoms with van der Waals surface area (Å²) < 4.78 is 10.2. The van der Waals surface area contributed by atoms with Crippen LogP contribution < -0.4 is 9.47 Å². The van der Waals surface area contributed by atoms with Crippen LogP contribution in [0.5, 0.6) is 11.5 Å². The van der Waals surface area contributed by atoms with E-state index in [1.54, 1.807) is 12.1 Å². The van der Waals surface area contributed by atoms with E-state index in [1.165, 1.54) is 14.2 Å². The van der Waals surface area contributed by atoms with Gasteiger partial charge in [-0.3, -0.25) is 4.79 Å². The summed E-state index contributed by atoms with van der Waals surface area (Å²) in [6.07, 6.45) is 0.536. The van der Waals surface area contributed by atoms with Crippen molar-refractivity contribution >= 4 is 23.4 Å². The lowest BCUT2D eigenvalue weighted by molar-refractivity contribution is -0.102. The molecular weight excluding hydrogens is 224 g/mol. The highest BCUT2D eigenvalue weighted by molar-refractivity contribution is 6.67. The molecule has 1 N–H and O–H groups in total. The molecule has 0 atom stereocenters. The number of methoxy groups -OCH3 is 2. The molecule has 0 spiro atoms. The molecule has 1 aliphatic heterocycles. The lowest BCUT2D eigenvalue weighted by Gasteiger charge is -2.08. The zero-order valence-electron chi connectivity index (χ0n) is 9.30. The predicted octanol–water partition coefficient (Wildman–Crippen LogP) is 1.17. The zero-order valence-corrected chi connectivity index (χ0v) is 9.30. The molecule has 0 aromatic heterocycles. The normalized spacial score (nSPS) is 15.4. The number of fused-ring (bicyclic) bond motifs is 1. The summed E-state index contributed by atoms with van der Waals surface area (Å²) in [6.45, 7) is 0. The van der Waals surface area contributed by atoms with Crippen molar-refractivity contribution in [2.75, 3.05) is 14.2 Å². The van der Waals surface area contributed by atoms with Gasteiger partial charge < -0.3 is 14.7 Å². The lowest BCUT2D eigenvalue weighted by Crippen LogP contribution is -2.12. The van der Waals surface area contributed by atoms with Crippen molar-refractivity contribution in [2.45, 2.75) is 0 Å². The third-order valence-corrected chi connectivity index (χ3v) is 2.45. The van der Waals surface area contributed by atoms with Crippen molar-refractivity contribution in [1.29, 1.82) is 0 Å². The van der Waals surface area contributed by atoms with Gasteiger partial charge in [-0.1, -0.05) is 5.16 Å². The number of rotatable bonds is 3. The molecule has 1 aromatic carbocycles. The molecule has 1 heterocycles. The fraction of sp³-hybridized carbons (Fsp3) is 0.182. The Kier molecular flexibility index (Phi) is 2.78. The highest BCUT2D eigenvalue weighted by Gasteiger charge is 2.25. The first-order valence-electron chi connectivity index (χ1n) is 4.77. The van der Waals surface area contributed by atoms with Crippen molar-refractivity contribution < 1.29 is 19.5 Å². The molecule has 17 heavy (non-hydrogen) atoms. The summed E-state index contributed by atoms with van der Waals surface area (Å²) in [5, 5.41) is 12.0. The van der Waals surface area contributed by atoms with E-state index in [-0.39, 0.29) is 11.4 Å². The molecule has 0 bridgehead atoms. The Hall–Kier alpha value is -2.37. The van der Waals surface area contributed by atoms with Crippen LogP contribution in [0.25, 0.3) is 0 Å². The maximum atomic E-state index is 10.8. The number of aliphatic imine (C=N–C) groups is 1. The molecule has 0 fully saturated rings. The van der Waals surface area contributed by atoms with Crippen molar-refractivity contribution in [1.82, 2.24) is 0 Å². The van der Waals surface area contributed by atoms with Gasteiger partial charge in [0.2, 0.25) is 0 Å². The van der Waals surface area contributed by atoms with Gasteiger partial charge in [-0.25, -0.2) is 4.99 Å². The number of carbonyl (C=O) groups excluding carboxylic acids is 1. The number of hydrogen-bond donors (Lipinski definition) is 1. The third kappa shape index (κ3) is 1.63. The standard InChI is InChI=1S/C11H10N2O4/c1-16-9-3-6-7(4-10(9)17-2)12-8(5-14)11(6)13-15/h3-5,15H,1-2H3. The largest absolute Gasteiger partial charge is 0.493 e. The van der Waals surface area contributed by atoms with E-state index < -0.39 is 0 Å². The summed E-state index contributed by atoms with van der Waals surface area (Å²) in [6, 6.07) is 3.24. The SMILES string of the molecule is COc1cc2c(cc1OC)C(=NO)C(C=O)=N2. The first kappa shape index (κ1) is 11.1. The summed E-state index contributed by atoms with van der Waals surface area (Å²) in [5.41, 5.74) is 1.26. The molecule has 0 saturated carbocycles. The van der Waals surface area contributed by atoms with Gasteiger partial charge >= 0.3 is 0 Å². The monoisotopic (exact) mass is 234 g/mol. The number of ether oxygens (including phenoxy) is 2. The summed E-state index contributed by atoms with van der Waals surface area (Å²) in [7, 11) is 3.00. The summed E-state index contributed by atoms with van der Waals surface area (Å²) in [4.78, 5) is 14.8. The number of hydrogen-bond acceptors (Lipinski definition) is 6. The Morgan fingerprint density at radius 2 is 1.94 bits per heavy atom. The van der Waals surface area contributed by atoms with Crippen LogP contribution in [-0.2, 0) is 4.79 Å².